The van der Waals surface area contributed by atoms with Gasteiger partial charge in [0.2, 0.25) is 0 Å². The molecule has 9 aromatic rings. The van der Waals surface area contributed by atoms with Crippen molar-refractivity contribution in [2.75, 3.05) is 0 Å². The van der Waals surface area contributed by atoms with E-state index in [4.69, 9.17) is 0 Å². The molecule has 2 nitrogen and oxygen atoms in total. The van der Waals surface area contributed by atoms with Crippen molar-refractivity contribution in [2.24, 2.45) is 0 Å². The molecule has 0 fully saturated rings. The summed E-state index contributed by atoms with van der Waals surface area (Å²) in [6.45, 7) is 9.10. The average Bonchev–Trinajstić information content (AvgIpc) is 3.75. The predicted octanol–water partition coefficient (Wildman–Crippen LogP) is 14.8. The van der Waals surface area contributed by atoms with Crippen LogP contribution in [0, 0.1) is 20.8 Å². The molecule has 0 spiro atoms. The predicted molar refractivity (Wildman–Crippen MR) is 240 cm³/mol. The van der Waals surface area contributed by atoms with Crippen LogP contribution in [0.15, 0.2) is 164 Å². The van der Waals surface area contributed by atoms with Crippen LogP contribution in [0.1, 0.15) is 48.1 Å². The third kappa shape index (κ3) is 5.31. The number of aryl methyl sites for hydroxylation is 4. The highest BCUT2D eigenvalue weighted by molar-refractivity contribution is 6.23. The first-order valence-electron chi connectivity index (χ1n) is 20.2. The molecule has 0 amide bonds. The van der Waals surface area contributed by atoms with Gasteiger partial charge in [0.05, 0.1) is 22.6 Å². The molecule has 56 heavy (non-hydrogen) atoms. The van der Waals surface area contributed by atoms with Gasteiger partial charge in [0.1, 0.15) is 0 Å². The summed E-state index contributed by atoms with van der Waals surface area (Å²) in [7, 11) is 0. The van der Waals surface area contributed by atoms with Crippen LogP contribution >= 0.6 is 0 Å². The van der Waals surface area contributed by atoms with E-state index >= 15 is 0 Å². The Hall–Kier alpha value is -6.38. The summed E-state index contributed by atoms with van der Waals surface area (Å²) in [5.41, 5.74) is 19.3. The fourth-order valence-electron chi connectivity index (χ4n) is 9.72. The monoisotopic (exact) mass is 722 g/mol. The maximum atomic E-state index is 2.60. The van der Waals surface area contributed by atoms with Crippen molar-refractivity contribution < 1.29 is 0 Å². The van der Waals surface area contributed by atoms with Gasteiger partial charge < -0.3 is 9.13 Å². The van der Waals surface area contributed by atoms with Crippen LogP contribution in [-0.4, -0.2) is 9.13 Å². The molecule has 1 aliphatic carbocycles. The molecule has 0 bridgehead atoms. The number of benzene rings is 7. The highest BCUT2D eigenvalue weighted by atomic mass is 15.1. The molecule has 7 aromatic carbocycles. The quantitative estimate of drug-likeness (QED) is 0.155. The highest BCUT2D eigenvalue weighted by Gasteiger charge is 2.24. The number of aromatic nitrogens is 2. The summed E-state index contributed by atoms with van der Waals surface area (Å²) in [4.78, 5) is 0. The van der Waals surface area contributed by atoms with E-state index in [1.807, 2.05) is 0 Å². The first-order valence-corrected chi connectivity index (χ1v) is 20.2. The third-order valence-corrected chi connectivity index (χ3v) is 12.2. The van der Waals surface area contributed by atoms with E-state index in [9.17, 15) is 0 Å². The Kier molecular flexibility index (Phi) is 8.37. The number of para-hydroxylation sites is 2. The Labute approximate surface area is 329 Å². The van der Waals surface area contributed by atoms with Crippen molar-refractivity contribution in [2.45, 2.75) is 53.0 Å². The molecule has 0 saturated carbocycles. The lowest BCUT2D eigenvalue weighted by atomic mass is 9.83. The SMILES string of the molecule is CCCc1ccccc1-c1c(C)cccc1-c1cccc(C)c1-c1ccc(-n2c3ccccc3c3ccc4c5ccccc5n(C5C=CC=CC5)c4c32)cc1C. The molecule has 2 heteroatoms. The summed E-state index contributed by atoms with van der Waals surface area (Å²) < 4.78 is 5.13. The van der Waals surface area contributed by atoms with E-state index in [1.165, 1.54) is 105 Å². The lowest BCUT2D eigenvalue weighted by Gasteiger charge is -2.22. The van der Waals surface area contributed by atoms with Gasteiger partial charge in [-0.3, -0.25) is 0 Å². The molecule has 1 aliphatic rings. The van der Waals surface area contributed by atoms with Crippen LogP contribution < -0.4 is 0 Å². The molecule has 0 N–H and O–H groups in total. The van der Waals surface area contributed by atoms with Gasteiger partial charge in [-0.1, -0.05) is 153 Å². The molecule has 0 radical (unpaired) electrons. The van der Waals surface area contributed by atoms with Gasteiger partial charge in [-0.25, -0.2) is 0 Å². The summed E-state index contributed by atoms with van der Waals surface area (Å²) >= 11 is 0. The van der Waals surface area contributed by atoms with Gasteiger partial charge >= 0.3 is 0 Å². The molecular formula is C54H46N2. The molecule has 2 heterocycles. The Morgan fingerprint density at radius 3 is 1.84 bits per heavy atom. The molecule has 272 valence electrons. The van der Waals surface area contributed by atoms with Crippen molar-refractivity contribution >= 4 is 43.6 Å². The van der Waals surface area contributed by atoms with Gasteiger partial charge in [-0.15, -0.1) is 0 Å². The lowest BCUT2D eigenvalue weighted by Crippen LogP contribution is -2.08. The summed E-state index contributed by atoms with van der Waals surface area (Å²) in [6, 6.07) is 52.6. The van der Waals surface area contributed by atoms with Gasteiger partial charge in [-0.05, 0) is 114 Å². The Balaban J connectivity index is 1.21. The molecular weight excluding hydrogens is 677 g/mol. The van der Waals surface area contributed by atoms with E-state index in [-0.39, 0.29) is 6.04 Å². The number of allylic oxidation sites excluding steroid dienone is 4. The zero-order valence-electron chi connectivity index (χ0n) is 32.7. The second-order valence-electron chi connectivity index (χ2n) is 15.6. The standard InChI is InChI=1S/C54H46N2/c1-5-17-38-20-9-10-23-42(38)52-36(3)19-16-27-46(52)45-26-15-18-35(2)51(45)41-31-30-40(34-37(41)4)56-50-29-14-12-25-44(50)48-33-32-47-43-24-11-13-28-49(43)55(53(47)54(48)56)39-21-7-6-8-22-39/h6-16,18-21,23-34,39H,5,17,22H2,1-4H3. The van der Waals surface area contributed by atoms with Crippen LogP contribution in [0.2, 0.25) is 0 Å². The fourth-order valence-corrected chi connectivity index (χ4v) is 9.72. The summed E-state index contributed by atoms with van der Waals surface area (Å²) in [6.07, 6.45) is 12.2. The number of nitrogens with zero attached hydrogens (tertiary/aromatic N) is 2. The Morgan fingerprint density at radius 2 is 1.14 bits per heavy atom. The van der Waals surface area contributed by atoms with Crippen LogP contribution in [0.25, 0.3) is 82.7 Å². The Bertz CT molecular complexity index is 3050. The minimum absolute atomic E-state index is 0.239. The Morgan fingerprint density at radius 1 is 0.518 bits per heavy atom. The maximum absolute atomic E-state index is 2.60. The first kappa shape index (κ1) is 34.1. The zero-order chi connectivity index (χ0) is 37.9. The first-order chi connectivity index (χ1) is 27.5. The number of hydrogen-bond donors (Lipinski definition) is 0. The van der Waals surface area contributed by atoms with Crippen molar-refractivity contribution in [1.29, 1.82) is 0 Å². The van der Waals surface area contributed by atoms with E-state index in [2.05, 4.69) is 201 Å². The average molecular weight is 723 g/mol. The lowest BCUT2D eigenvalue weighted by molar-refractivity contribution is 0.648. The summed E-state index contributed by atoms with van der Waals surface area (Å²) in [5.74, 6) is 0. The van der Waals surface area contributed by atoms with E-state index in [1.54, 1.807) is 0 Å². The van der Waals surface area contributed by atoms with Gasteiger partial charge in [0.25, 0.3) is 0 Å². The van der Waals surface area contributed by atoms with Crippen molar-refractivity contribution in [3.05, 3.63) is 186 Å². The van der Waals surface area contributed by atoms with Crippen molar-refractivity contribution in [3.63, 3.8) is 0 Å². The van der Waals surface area contributed by atoms with E-state index in [0.29, 0.717) is 0 Å². The van der Waals surface area contributed by atoms with Gasteiger partial charge in [0.15, 0.2) is 0 Å². The largest absolute Gasteiger partial charge is 0.331 e. The third-order valence-electron chi connectivity index (χ3n) is 12.2. The van der Waals surface area contributed by atoms with E-state index < -0.39 is 0 Å². The number of rotatable bonds is 7. The normalized spacial score (nSPS) is 14.2. The second kappa shape index (κ2) is 13.7. The van der Waals surface area contributed by atoms with Crippen molar-refractivity contribution in [1.82, 2.24) is 9.13 Å². The van der Waals surface area contributed by atoms with Crippen LogP contribution in [0.3, 0.4) is 0 Å². The topological polar surface area (TPSA) is 9.86 Å². The zero-order valence-corrected chi connectivity index (χ0v) is 32.7. The van der Waals surface area contributed by atoms with Gasteiger partial charge in [0, 0.05) is 32.7 Å². The minimum atomic E-state index is 0.239. The highest BCUT2D eigenvalue weighted by Crippen LogP contribution is 2.45. The molecule has 0 saturated heterocycles. The molecule has 2 aromatic heterocycles. The molecule has 10 rings (SSSR count). The smallest absolute Gasteiger partial charge is 0.0785 e. The molecule has 1 unspecified atom stereocenters. The van der Waals surface area contributed by atoms with Crippen LogP contribution in [-0.2, 0) is 6.42 Å². The van der Waals surface area contributed by atoms with E-state index in [0.717, 1.165) is 19.3 Å². The van der Waals surface area contributed by atoms with Gasteiger partial charge in [-0.2, -0.15) is 0 Å². The number of fused-ring (bicyclic) bond motifs is 7. The van der Waals surface area contributed by atoms with Crippen LogP contribution in [0.4, 0.5) is 0 Å². The fraction of sp³-hybridized carbons (Fsp3) is 0.148. The van der Waals surface area contributed by atoms with Crippen LogP contribution in [0.5, 0.6) is 0 Å². The minimum Gasteiger partial charge on any atom is -0.331 e. The number of hydrogen-bond acceptors (Lipinski definition) is 0. The van der Waals surface area contributed by atoms with Crippen molar-refractivity contribution in [3.8, 4) is 39.1 Å². The summed E-state index contributed by atoms with van der Waals surface area (Å²) in [5, 5.41) is 5.16. The molecule has 0 aliphatic heterocycles. The maximum Gasteiger partial charge on any atom is 0.0785 e. The molecule has 1 atom stereocenters. The second-order valence-corrected chi connectivity index (χ2v) is 15.6.